The van der Waals surface area contributed by atoms with Crippen molar-refractivity contribution in [3.63, 3.8) is 0 Å². The number of rotatable bonds is 8. The molecule has 2 unspecified atom stereocenters. The third-order valence-corrected chi connectivity index (χ3v) is 3.63. The van der Waals surface area contributed by atoms with Gasteiger partial charge in [0.2, 0.25) is 0 Å². The summed E-state index contributed by atoms with van der Waals surface area (Å²) in [7, 11) is 0. The number of aliphatic hydroxyl groups is 1. The Balaban J connectivity index is 1.77. The summed E-state index contributed by atoms with van der Waals surface area (Å²) < 4.78 is 5.43. The molecule has 0 bridgehead atoms. The van der Waals surface area contributed by atoms with Gasteiger partial charge < -0.3 is 15.2 Å². The first-order chi connectivity index (χ1) is 11.0. The highest BCUT2D eigenvalue weighted by atomic mass is 16.5. The van der Waals surface area contributed by atoms with Gasteiger partial charge in [-0.15, -0.1) is 0 Å². The van der Waals surface area contributed by atoms with E-state index in [0.717, 1.165) is 10.5 Å². The molecule has 0 aliphatic carbocycles. The SMILES string of the molecule is CC(C)CC1NC(=O)N(CC(O)COCc2ccccc2)C1=O. The van der Waals surface area contributed by atoms with Crippen LogP contribution in [-0.4, -0.2) is 47.2 Å². The van der Waals surface area contributed by atoms with Crippen LogP contribution in [0, 0.1) is 5.92 Å². The summed E-state index contributed by atoms with van der Waals surface area (Å²) in [4.78, 5) is 25.1. The molecule has 1 aromatic carbocycles. The Morgan fingerprint density at radius 2 is 1.96 bits per heavy atom. The third-order valence-electron chi connectivity index (χ3n) is 3.63. The predicted molar refractivity (Wildman–Crippen MR) is 85.6 cm³/mol. The van der Waals surface area contributed by atoms with E-state index in [1.807, 2.05) is 44.2 Å². The molecule has 1 fully saturated rings. The van der Waals surface area contributed by atoms with E-state index in [2.05, 4.69) is 5.32 Å². The van der Waals surface area contributed by atoms with Crippen LogP contribution in [0.2, 0.25) is 0 Å². The van der Waals surface area contributed by atoms with Crippen molar-refractivity contribution in [2.45, 2.75) is 39.0 Å². The molecule has 23 heavy (non-hydrogen) atoms. The lowest BCUT2D eigenvalue weighted by Gasteiger charge is -2.18. The maximum absolute atomic E-state index is 12.2. The molecule has 0 spiro atoms. The van der Waals surface area contributed by atoms with Gasteiger partial charge in [0.15, 0.2) is 0 Å². The number of aliphatic hydroxyl groups excluding tert-OH is 1. The highest BCUT2D eigenvalue weighted by molar-refractivity contribution is 6.04. The molecule has 6 nitrogen and oxygen atoms in total. The molecule has 1 aromatic rings. The number of urea groups is 1. The van der Waals surface area contributed by atoms with Crippen LogP contribution in [0.5, 0.6) is 0 Å². The molecule has 126 valence electrons. The number of nitrogens with zero attached hydrogens (tertiary/aromatic N) is 1. The molecule has 1 aliphatic rings. The van der Waals surface area contributed by atoms with Gasteiger partial charge in [0.1, 0.15) is 6.04 Å². The number of hydrogen-bond donors (Lipinski definition) is 2. The molecule has 0 radical (unpaired) electrons. The van der Waals surface area contributed by atoms with Crippen LogP contribution in [0.1, 0.15) is 25.8 Å². The van der Waals surface area contributed by atoms with Crippen LogP contribution in [-0.2, 0) is 16.1 Å². The predicted octanol–water partition coefficient (Wildman–Crippen LogP) is 1.53. The second-order valence-electron chi connectivity index (χ2n) is 6.24. The lowest BCUT2D eigenvalue weighted by atomic mass is 10.0. The molecule has 0 aromatic heterocycles. The number of nitrogens with one attached hydrogen (secondary N) is 1. The van der Waals surface area contributed by atoms with Crippen molar-refractivity contribution in [3.8, 4) is 0 Å². The van der Waals surface area contributed by atoms with Gasteiger partial charge in [0, 0.05) is 0 Å². The Labute approximate surface area is 136 Å². The second-order valence-corrected chi connectivity index (χ2v) is 6.24. The standard InChI is InChI=1S/C17H24N2O4/c1-12(2)8-15-16(21)19(17(22)18-15)9-14(20)11-23-10-13-6-4-3-5-7-13/h3-7,12,14-15,20H,8-11H2,1-2H3,(H,18,22). The van der Waals surface area contributed by atoms with E-state index < -0.39 is 18.2 Å². The maximum Gasteiger partial charge on any atom is 0.324 e. The minimum atomic E-state index is -0.897. The van der Waals surface area contributed by atoms with E-state index in [9.17, 15) is 14.7 Å². The largest absolute Gasteiger partial charge is 0.389 e. The Hall–Kier alpha value is -1.92. The summed E-state index contributed by atoms with van der Waals surface area (Å²) >= 11 is 0. The van der Waals surface area contributed by atoms with Gasteiger partial charge in [-0.25, -0.2) is 4.79 Å². The third kappa shape index (κ3) is 5.04. The summed E-state index contributed by atoms with van der Waals surface area (Å²) in [6, 6.07) is 8.68. The highest BCUT2D eigenvalue weighted by Crippen LogP contribution is 2.14. The monoisotopic (exact) mass is 320 g/mol. The molecule has 2 rings (SSSR count). The number of carbonyl (C=O) groups excluding carboxylic acids is 2. The minimum absolute atomic E-state index is 0.0476. The molecule has 2 N–H and O–H groups in total. The fraction of sp³-hybridized carbons (Fsp3) is 0.529. The number of imide groups is 1. The van der Waals surface area contributed by atoms with E-state index in [0.29, 0.717) is 18.9 Å². The quantitative estimate of drug-likeness (QED) is 0.712. The van der Waals surface area contributed by atoms with E-state index in [1.54, 1.807) is 0 Å². The van der Waals surface area contributed by atoms with E-state index in [4.69, 9.17) is 4.74 Å². The average molecular weight is 320 g/mol. The first-order valence-corrected chi connectivity index (χ1v) is 7.89. The summed E-state index contributed by atoms with van der Waals surface area (Å²) in [5, 5.41) is 12.7. The number of amides is 3. The zero-order valence-corrected chi connectivity index (χ0v) is 13.6. The van der Waals surface area contributed by atoms with Crippen molar-refractivity contribution in [3.05, 3.63) is 35.9 Å². The summed E-state index contributed by atoms with van der Waals surface area (Å²) in [5.41, 5.74) is 1.01. The molecular weight excluding hydrogens is 296 g/mol. The zero-order valence-electron chi connectivity index (χ0n) is 13.6. The van der Waals surface area contributed by atoms with Crippen molar-refractivity contribution < 1.29 is 19.4 Å². The van der Waals surface area contributed by atoms with Gasteiger partial charge in [-0.05, 0) is 17.9 Å². The zero-order chi connectivity index (χ0) is 16.8. The van der Waals surface area contributed by atoms with Crippen molar-refractivity contribution in [1.29, 1.82) is 0 Å². The molecule has 3 amide bonds. The van der Waals surface area contributed by atoms with Crippen LogP contribution >= 0.6 is 0 Å². The fourth-order valence-corrected chi connectivity index (χ4v) is 2.53. The summed E-state index contributed by atoms with van der Waals surface area (Å²) in [6.45, 7) is 4.39. The van der Waals surface area contributed by atoms with Gasteiger partial charge in [0.25, 0.3) is 5.91 Å². The Morgan fingerprint density at radius 1 is 1.26 bits per heavy atom. The van der Waals surface area contributed by atoms with Crippen LogP contribution in [0.25, 0.3) is 0 Å². The molecular formula is C17H24N2O4. The van der Waals surface area contributed by atoms with Gasteiger partial charge in [-0.2, -0.15) is 0 Å². The van der Waals surface area contributed by atoms with Crippen LogP contribution in [0.3, 0.4) is 0 Å². The van der Waals surface area contributed by atoms with Crippen LogP contribution < -0.4 is 5.32 Å². The lowest BCUT2D eigenvalue weighted by molar-refractivity contribution is -0.129. The molecule has 0 saturated carbocycles. The molecule has 2 atom stereocenters. The number of β-amino-alcohol motifs (C(OH)–C–C–N with tert-alkyl or cyclic N) is 1. The minimum Gasteiger partial charge on any atom is -0.389 e. The van der Waals surface area contributed by atoms with Crippen LogP contribution in [0.4, 0.5) is 4.79 Å². The average Bonchev–Trinajstić information content (AvgIpc) is 2.75. The number of ether oxygens (including phenoxy) is 1. The van der Waals surface area contributed by atoms with Gasteiger partial charge in [0.05, 0.1) is 25.9 Å². The van der Waals surface area contributed by atoms with Crippen molar-refractivity contribution in [1.82, 2.24) is 10.2 Å². The normalized spacial score (nSPS) is 19.3. The number of hydrogen-bond acceptors (Lipinski definition) is 4. The van der Waals surface area contributed by atoms with Crippen molar-refractivity contribution in [2.75, 3.05) is 13.2 Å². The fourth-order valence-electron chi connectivity index (χ4n) is 2.53. The first-order valence-electron chi connectivity index (χ1n) is 7.89. The Bertz CT molecular complexity index is 533. The number of benzene rings is 1. The first kappa shape index (κ1) is 17.4. The van der Waals surface area contributed by atoms with E-state index in [-0.39, 0.29) is 19.1 Å². The Morgan fingerprint density at radius 3 is 2.61 bits per heavy atom. The Kier molecular flexibility index (Phi) is 6.12. The molecule has 1 heterocycles. The molecule has 1 aliphatic heterocycles. The lowest BCUT2D eigenvalue weighted by Crippen LogP contribution is -2.39. The highest BCUT2D eigenvalue weighted by Gasteiger charge is 2.38. The van der Waals surface area contributed by atoms with Gasteiger partial charge in [-0.1, -0.05) is 44.2 Å². The topological polar surface area (TPSA) is 78.9 Å². The van der Waals surface area contributed by atoms with Crippen LogP contribution in [0.15, 0.2) is 30.3 Å². The molecule has 1 saturated heterocycles. The van der Waals surface area contributed by atoms with E-state index in [1.165, 1.54) is 0 Å². The smallest absolute Gasteiger partial charge is 0.324 e. The van der Waals surface area contributed by atoms with E-state index >= 15 is 0 Å². The second kappa shape index (κ2) is 8.08. The number of carbonyl (C=O) groups is 2. The maximum atomic E-state index is 12.2. The summed E-state index contributed by atoms with van der Waals surface area (Å²) in [5.74, 6) is 0.0362. The molecule has 6 heteroatoms. The van der Waals surface area contributed by atoms with Crippen molar-refractivity contribution >= 4 is 11.9 Å². The van der Waals surface area contributed by atoms with Crippen molar-refractivity contribution in [2.24, 2.45) is 5.92 Å². The van der Waals surface area contributed by atoms with Gasteiger partial charge >= 0.3 is 6.03 Å². The van der Waals surface area contributed by atoms with Gasteiger partial charge in [-0.3, -0.25) is 9.69 Å². The summed E-state index contributed by atoms with van der Waals surface area (Å²) in [6.07, 6.45) is -0.298.